The number of benzene rings is 3. The predicted octanol–water partition coefficient (Wildman–Crippen LogP) is 4.22. The lowest BCUT2D eigenvalue weighted by atomic mass is 9.94. The summed E-state index contributed by atoms with van der Waals surface area (Å²) in [6.45, 7) is 0.0763. The van der Waals surface area contributed by atoms with Crippen molar-refractivity contribution in [3.63, 3.8) is 0 Å². The Hall–Kier alpha value is -2.71. The summed E-state index contributed by atoms with van der Waals surface area (Å²) in [7, 11) is 0. The normalized spacial score (nSPS) is 14.4. The highest BCUT2D eigenvalue weighted by Crippen LogP contribution is 2.44. The Balaban J connectivity index is 1.49. The third kappa shape index (κ3) is 4.50. The molecule has 1 aliphatic carbocycles. The molecule has 0 bridgehead atoms. The summed E-state index contributed by atoms with van der Waals surface area (Å²) in [5, 5.41) is 9.66. The molecule has 6 heteroatoms. The van der Waals surface area contributed by atoms with Gasteiger partial charge >= 0.3 is 11.9 Å². The lowest BCUT2D eigenvalue weighted by molar-refractivity contribution is -0.159. The van der Waals surface area contributed by atoms with Crippen molar-refractivity contribution in [3.8, 4) is 11.1 Å². The Labute approximate surface area is 194 Å². The first-order chi connectivity index (χ1) is 15.0. The van der Waals surface area contributed by atoms with E-state index in [1.165, 1.54) is 0 Å². The average Bonchev–Trinajstić information content (AvgIpc) is 3.07. The minimum absolute atomic E-state index is 0.0763. The number of hydrogen-bond acceptors (Lipinski definition) is 4. The second kappa shape index (κ2) is 9.20. The first kappa shape index (κ1) is 21.5. The molecular weight excluding hydrogens is 505 g/mol. The summed E-state index contributed by atoms with van der Waals surface area (Å²) in [5.41, 5.74) is 11.4. The fraction of sp³-hybridized carbons (Fsp3) is 0.200. The van der Waals surface area contributed by atoms with Crippen LogP contribution >= 0.6 is 22.6 Å². The van der Waals surface area contributed by atoms with Crippen molar-refractivity contribution in [1.29, 1.82) is 0 Å². The maximum Gasteiger partial charge on any atom is 0.321 e. The van der Waals surface area contributed by atoms with Crippen molar-refractivity contribution < 1.29 is 19.4 Å². The van der Waals surface area contributed by atoms with E-state index in [9.17, 15) is 14.7 Å². The van der Waals surface area contributed by atoms with Crippen LogP contribution < -0.4 is 5.73 Å². The summed E-state index contributed by atoms with van der Waals surface area (Å²) in [4.78, 5) is 24.6. The number of halogens is 1. The van der Waals surface area contributed by atoms with Gasteiger partial charge in [-0.3, -0.25) is 9.59 Å². The summed E-state index contributed by atoms with van der Waals surface area (Å²) in [5.74, 6) is -3.62. The van der Waals surface area contributed by atoms with Crippen LogP contribution in [0.25, 0.3) is 11.1 Å². The van der Waals surface area contributed by atoms with E-state index in [-0.39, 0.29) is 18.9 Å². The molecule has 5 nitrogen and oxygen atoms in total. The van der Waals surface area contributed by atoms with Crippen molar-refractivity contribution in [2.24, 2.45) is 11.7 Å². The van der Waals surface area contributed by atoms with E-state index in [2.05, 4.69) is 22.6 Å². The molecule has 0 aliphatic heterocycles. The number of hydrogen-bond donors (Lipinski definition) is 2. The number of nitrogens with two attached hydrogens (primary N) is 1. The summed E-state index contributed by atoms with van der Waals surface area (Å²) in [6, 6.07) is 22.7. The monoisotopic (exact) mass is 527 g/mol. The molecule has 1 aliphatic rings. The number of carboxylic acids is 1. The van der Waals surface area contributed by atoms with Gasteiger partial charge in [0.1, 0.15) is 6.61 Å². The van der Waals surface area contributed by atoms with E-state index in [1.54, 1.807) is 0 Å². The number of rotatable bonds is 7. The Morgan fingerprint density at radius 1 is 0.935 bits per heavy atom. The summed E-state index contributed by atoms with van der Waals surface area (Å²) in [6.07, 6.45) is 0.276. The van der Waals surface area contributed by atoms with Crippen LogP contribution in [0.3, 0.4) is 0 Å². The third-order valence-electron chi connectivity index (χ3n) is 5.69. The van der Waals surface area contributed by atoms with Gasteiger partial charge in [0, 0.05) is 15.5 Å². The Morgan fingerprint density at radius 2 is 1.48 bits per heavy atom. The molecule has 0 saturated heterocycles. The van der Waals surface area contributed by atoms with Crippen LogP contribution in [-0.4, -0.2) is 29.7 Å². The molecule has 0 heterocycles. The van der Waals surface area contributed by atoms with E-state index in [1.807, 2.05) is 72.8 Å². The maximum absolute atomic E-state index is 12.8. The van der Waals surface area contributed by atoms with Crippen LogP contribution in [-0.2, 0) is 20.7 Å². The minimum atomic E-state index is -1.42. The number of carbonyl (C=O) groups excluding carboxylic acids is 1. The van der Waals surface area contributed by atoms with Crippen molar-refractivity contribution >= 4 is 34.5 Å². The van der Waals surface area contributed by atoms with Gasteiger partial charge < -0.3 is 15.6 Å². The predicted molar refractivity (Wildman–Crippen MR) is 127 cm³/mol. The average molecular weight is 527 g/mol. The molecule has 158 valence electrons. The molecule has 0 spiro atoms. The van der Waals surface area contributed by atoms with Crippen molar-refractivity contribution in [2.45, 2.75) is 18.4 Å². The highest BCUT2D eigenvalue weighted by atomic mass is 127. The Bertz CT molecular complexity index is 1070. The second-order valence-corrected chi connectivity index (χ2v) is 8.91. The molecule has 3 N–H and O–H groups in total. The third-order valence-corrected chi connectivity index (χ3v) is 6.41. The standard InChI is InChI=1S/C25H22INO4/c26-16-11-9-15(10-12-16)13-22(27)23(24(28)29)25(30)31-14-21-19-7-3-1-5-17(19)18-6-2-4-8-20(18)21/h1-12,21-23H,13-14,27H2,(H,28,29)/t22-,23-/m1/s1. The minimum Gasteiger partial charge on any atom is -0.481 e. The van der Waals surface area contributed by atoms with E-state index < -0.39 is 23.9 Å². The van der Waals surface area contributed by atoms with Crippen LogP contribution in [0.1, 0.15) is 22.6 Å². The molecule has 0 radical (unpaired) electrons. The quantitative estimate of drug-likeness (QED) is 0.273. The zero-order valence-corrected chi connectivity index (χ0v) is 18.9. The van der Waals surface area contributed by atoms with Gasteiger partial charge in [0.25, 0.3) is 0 Å². The molecule has 0 saturated carbocycles. The Morgan fingerprint density at radius 3 is 2.03 bits per heavy atom. The number of aliphatic carboxylic acids is 1. The van der Waals surface area contributed by atoms with Crippen molar-refractivity contribution in [3.05, 3.63) is 93.1 Å². The summed E-state index contributed by atoms with van der Waals surface area (Å²) >= 11 is 2.20. The molecule has 31 heavy (non-hydrogen) atoms. The molecular formula is C25H22INO4. The molecule has 0 amide bonds. The second-order valence-electron chi connectivity index (χ2n) is 7.67. The van der Waals surface area contributed by atoms with Gasteiger partial charge in [0.15, 0.2) is 5.92 Å². The zero-order chi connectivity index (χ0) is 22.0. The van der Waals surface area contributed by atoms with Crippen molar-refractivity contribution in [2.75, 3.05) is 6.61 Å². The van der Waals surface area contributed by atoms with E-state index in [0.29, 0.717) is 0 Å². The Kier molecular flexibility index (Phi) is 6.38. The van der Waals surface area contributed by atoms with Gasteiger partial charge in [-0.1, -0.05) is 60.7 Å². The molecule has 2 atom stereocenters. The molecule has 0 aromatic heterocycles. The largest absolute Gasteiger partial charge is 0.481 e. The molecule has 4 rings (SSSR count). The van der Waals surface area contributed by atoms with Gasteiger partial charge in [-0.2, -0.15) is 0 Å². The number of fused-ring (bicyclic) bond motifs is 3. The number of carbonyl (C=O) groups is 2. The van der Waals surface area contributed by atoms with Crippen LogP contribution in [0.15, 0.2) is 72.8 Å². The van der Waals surface area contributed by atoms with E-state index >= 15 is 0 Å². The molecule has 0 fully saturated rings. The van der Waals surface area contributed by atoms with Crippen molar-refractivity contribution in [1.82, 2.24) is 0 Å². The number of carboxylic acid groups (broad SMARTS) is 1. The zero-order valence-electron chi connectivity index (χ0n) is 16.7. The maximum atomic E-state index is 12.8. The highest BCUT2D eigenvalue weighted by Gasteiger charge is 2.36. The van der Waals surface area contributed by atoms with E-state index in [0.717, 1.165) is 31.4 Å². The molecule has 3 aromatic carbocycles. The lowest BCUT2D eigenvalue weighted by Gasteiger charge is -2.21. The number of ether oxygens (including phenoxy) is 1. The lowest BCUT2D eigenvalue weighted by Crippen LogP contribution is -2.43. The van der Waals surface area contributed by atoms with Crippen LogP contribution in [0, 0.1) is 9.49 Å². The first-order valence-electron chi connectivity index (χ1n) is 10.0. The van der Waals surface area contributed by atoms with Gasteiger partial charge in [-0.15, -0.1) is 0 Å². The van der Waals surface area contributed by atoms with Gasteiger partial charge in [-0.25, -0.2) is 0 Å². The van der Waals surface area contributed by atoms with Crippen LogP contribution in [0.5, 0.6) is 0 Å². The fourth-order valence-electron chi connectivity index (χ4n) is 4.16. The highest BCUT2D eigenvalue weighted by molar-refractivity contribution is 14.1. The van der Waals surface area contributed by atoms with Crippen LogP contribution in [0.4, 0.5) is 0 Å². The number of esters is 1. The topological polar surface area (TPSA) is 89.6 Å². The smallest absolute Gasteiger partial charge is 0.321 e. The van der Waals surface area contributed by atoms with Gasteiger partial charge in [-0.05, 0) is 69.0 Å². The first-order valence-corrected chi connectivity index (χ1v) is 11.1. The van der Waals surface area contributed by atoms with Gasteiger partial charge in [0.2, 0.25) is 0 Å². The molecule has 3 aromatic rings. The van der Waals surface area contributed by atoms with Gasteiger partial charge in [0.05, 0.1) is 0 Å². The fourth-order valence-corrected chi connectivity index (χ4v) is 4.52. The summed E-state index contributed by atoms with van der Waals surface area (Å²) < 4.78 is 6.61. The SMILES string of the molecule is N[C@H](Cc1ccc(I)cc1)[C@H](C(=O)O)C(=O)OCC1c2ccccc2-c2ccccc21. The van der Waals surface area contributed by atoms with E-state index in [4.69, 9.17) is 10.5 Å². The van der Waals surface area contributed by atoms with Crippen LogP contribution in [0.2, 0.25) is 0 Å². The molecule has 0 unspecified atom stereocenters.